The first kappa shape index (κ1) is 16.0. The molecule has 0 fully saturated rings. The number of hydrogen-bond donors (Lipinski definition) is 2. The Bertz CT molecular complexity index is 1050. The summed E-state index contributed by atoms with van der Waals surface area (Å²) in [6, 6.07) is 5.10. The number of hydrogen-bond acceptors (Lipinski definition) is 7. The highest BCUT2D eigenvalue weighted by Gasteiger charge is 2.46. The van der Waals surface area contributed by atoms with Crippen molar-refractivity contribution in [2.24, 2.45) is 0 Å². The molecule has 0 aliphatic rings. The fourth-order valence-electron chi connectivity index (χ4n) is 1.85. The fourth-order valence-corrected chi connectivity index (χ4v) is 2.61. The van der Waals surface area contributed by atoms with Crippen LogP contribution in [0.25, 0.3) is 11.2 Å². The largest absolute Gasteiger partial charge is 0.501 e. The second-order valence-corrected chi connectivity index (χ2v) is 6.55. The highest BCUT2D eigenvalue weighted by atomic mass is 32.2. The highest BCUT2D eigenvalue weighted by molar-refractivity contribution is 7.92. The third-order valence-electron chi connectivity index (χ3n) is 3.02. The Morgan fingerprint density at radius 3 is 2.42 bits per heavy atom. The van der Waals surface area contributed by atoms with Crippen LogP contribution in [0.4, 0.5) is 24.5 Å². The summed E-state index contributed by atoms with van der Waals surface area (Å²) in [5, 5.41) is 9.62. The van der Waals surface area contributed by atoms with E-state index < -0.39 is 25.8 Å². The standard InChI is InChI=1S/C12H7F3N4O4S/c13-12(14,15)24(21,22)7-3-1-6(2-4-7)16-9-5-8-10(17-11(9)20)19-23-18-8/h1-5,16H,(H,17,19,20). The molecule has 0 saturated heterocycles. The van der Waals surface area contributed by atoms with Crippen molar-refractivity contribution < 1.29 is 26.2 Å². The second-order valence-electron chi connectivity index (χ2n) is 4.61. The summed E-state index contributed by atoms with van der Waals surface area (Å²) in [6.45, 7) is 0. The van der Waals surface area contributed by atoms with Gasteiger partial charge in [-0.25, -0.2) is 13.0 Å². The predicted octanol–water partition coefficient (Wildman–Crippen LogP) is 1.95. The molecule has 8 nitrogen and oxygen atoms in total. The van der Waals surface area contributed by atoms with Crippen LogP contribution in [-0.2, 0) is 9.84 Å². The minimum Gasteiger partial charge on any atom is -0.351 e. The monoisotopic (exact) mass is 360 g/mol. The Morgan fingerprint density at radius 1 is 1.12 bits per heavy atom. The summed E-state index contributed by atoms with van der Waals surface area (Å²) >= 11 is 0. The van der Waals surface area contributed by atoms with E-state index in [2.05, 4.69) is 25.2 Å². The van der Waals surface area contributed by atoms with Gasteiger partial charge in [0.1, 0.15) is 5.69 Å². The van der Waals surface area contributed by atoms with E-state index in [1.54, 1.807) is 0 Å². The van der Waals surface area contributed by atoms with Crippen LogP contribution in [-0.4, -0.2) is 29.2 Å². The first-order valence-corrected chi connectivity index (χ1v) is 7.71. The van der Waals surface area contributed by atoms with Crippen molar-refractivity contribution >= 4 is 32.4 Å². The van der Waals surface area contributed by atoms with Crippen molar-refractivity contribution in [3.8, 4) is 0 Å². The van der Waals surface area contributed by atoms with Crippen LogP contribution in [0.3, 0.4) is 0 Å². The van der Waals surface area contributed by atoms with Gasteiger partial charge in [-0.15, -0.1) is 0 Å². The number of nitrogens with zero attached hydrogens (tertiary/aromatic N) is 2. The predicted molar refractivity (Wildman–Crippen MR) is 75.4 cm³/mol. The molecule has 3 rings (SSSR count). The van der Waals surface area contributed by atoms with Gasteiger partial charge in [-0.1, -0.05) is 0 Å². The Hall–Kier alpha value is -2.89. The number of sulfone groups is 1. The van der Waals surface area contributed by atoms with E-state index in [0.717, 1.165) is 24.3 Å². The molecular weight excluding hydrogens is 353 g/mol. The number of aromatic nitrogens is 3. The molecule has 12 heteroatoms. The van der Waals surface area contributed by atoms with Gasteiger partial charge in [0.25, 0.3) is 15.4 Å². The van der Waals surface area contributed by atoms with Crippen LogP contribution in [0.15, 0.2) is 44.7 Å². The second kappa shape index (κ2) is 5.33. The normalized spacial score (nSPS) is 12.5. The summed E-state index contributed by atoms with van der Waals surface area (Å²) in [7, 11) is -5.42. The maximum Gasteiger partial charge on any atom is 0.501 e. The smallest absolute Gasteiger partial charge is 0.351 e. The number of alkyl halides is 3. The van der Waals surface area contributed by atoms with Gasteiger partial charge < -0.3 is 10.3 Å². The van der Waals surface area contributed by atoms with E-state index in [1.807, 2.05) is 0 Å². The Labute approximate surface area is 131 Å². The molecule has 0 atom stereocenters. The molecule has 0 aliphatic heterocycles. The average Bonchev–Trinajstić information content (AvgIpc) is 2.94. The van der Waals surface area contributed by atoms with Gasteiger partial charge in [0, 0.05) is 11.8 Å². The number of aromatic amines is 1. The molecule has 3 aromatic rings. The van der Waals surface area contributed by atoms with Gasteiger partial charge in [0.15, 0.2) is 5.52 Å². The molecule has 0 amide bonds. The number of pyridine rings is 1. The third-order valence-corrected chi connectivity index (χ3v) is 4.52. The van der Waals surface area contributed by atoms with Crippen LogP contribution in [0.2, 0.25) is 0 Å². The zero-order valence-electron chi connectivity index (χ0n) is 11.5. The lowest BCUT2D eigenvalue weighted by Crippen LogP contribution is -2.23. The Morgan fingerprint density at radius 2 is 1.79 bits per heavy atom. The number of anilines is 2. The molecule has 0 aliphatic carbocycles. The van der Waals surface area contributed by atoms with E-state index in [4.69, 9.17) is 0 Å². The number of benzene rings is 1. The first-order chi connectivity index (χ1) is 11.2. The van der Waals surface area contributed by atoms with E-state index in [-0.39, 0.29) is 22.5 Å². The first-order valence-electron chi connectivity index (χ1n) is 6.22. The molecule has 0 bridgehead atoms. The lowest BCUT2D eigenvalue weighted by molar-refractivity contribution is -0.0436. The molecule has 2 N–H and O–H groups in total. The maximum absolute atomic E-state index is 12.5. The van der Waals surface area contributed by atoms with E-state index in [0.29, 0.717) is 0 Å². The zero-order chi connectivity index (χ0) is 17.5. The molecule has 24 heavy (non-hydrogen) atoms. The Kier molecular flexibility index (Phi) is 3.55. The van der Waals surface area contributed by atoms with Crippen molar-refractivity contribution in [2.45, 2.75) is 10.4 Å². The van der Waals surface area contributed by atoms with Crippen molar-refractivity contribution in [3.05, 3.63) is 40.7 Å². The average molecular weight is 360 g/mol. The summed E-state index contributed by atoms with van der Waals surface area (Å²) in [5.74, 6) is 0. The number of fused-ring (bicyclic) bond motifs is 1. The minimum atomic E-state index is -5.42. The molecule has 0 spiro atoms. The fraction of sp³-hybridized carbons (Fsp3) is 0.0833. The van der Waals surface area contributed by atoms with Gasteiger partial charge in [-0.05, 0) is 34.6 Å². The summed E-state index contributed by atoms with van der Waals surface area (Å²) in [4.78, 5) is 13.3. The summed E-state index contributed by atoms with van der Waals surface area (Å²) in [5.41, 5.74) is -5.32. The summed E-state index contributed by atoms with van der Waals surface area (Å²) in [6.07, 6.45) is 0. The van der Waals surface area contributed by atoms with Crippen LogP contribution in [0.1, 0.15) is 0 Å². The van der Waals surface area contributed by atoms with Crippen molar-refractivity contribution in [3.63, 3.8) is 0 Å². The number of H-pyrrole nitrogens is 1. The van der Waals surface area contributed by atoms with Crippen LogP contribution in [0, 0.1) is 0 Å². The molecular formula is C12H7F3N4O4S. The van der Waals surface area contributed by atoms with Gasteiger partial charge in [-0.3, -0.25) is 4.79 Å². The lowest BCUT2D eigenvalue weighted by Gasteiger charge is -2.09. The quantitative estimate of drug-likeness (QED) is 0.733. The van der Waals surface area contributed by atoms with Crippen molar-refractivity contribution in [1.29, 1.82) is 0 Å². The van der Waals surface area contributed by atoms with Gasteiger partial charge >= 0.3 is 5.51 Å². The molecule has 0 unspecified atom stereocenters. The number of halogens is 3. The topological polar surface area (TPSA) is 118 Å². The lowest BCUT2D eigenvalue weighted by atomic mass is 10.3. The molecule has 2 aromatic heterocycles. The SMILES string of the molecule is O=c1[nH]c2nonc2cc1Nc1ccc(S(=O)(=O)C(F)(F)F)cc1. The van der Waals surface area contributed by atoms with Crippen molar-refractivity contribution in [1.82, 2.24) is 15.3 Å². The van der Waals surface area contributed by atoms with Gasteiger partial charge in [0.05, 0.1) is 4.90 Å². The molecule has 126 valence electrons. The van der Waals surface area contributed by atoms with Crippen LogP contribution >= 0.6 is 0 Å². The van der Waals surface area contributed by atoms with E-state index in [9.17, 15) is 26.4 Å². The van der Waals surface area contributed by atoms with Crippen molar-refractivity contribution in [2.75, 3.05) is 5.32 Å². The van der Waals surface area contributed by atoms with E-state index in [1.165, 1.54) is 6.07 Å². The number of nitrogens with one attached hydrogen (secondary N) is 2. The molecule has 2 heterocycles. The van der Waals surface area contributed by atoms with Crippen LogP contribution in [0.5, 0.6) is 0 Å². The van der Waals surface area contributed by atoms with Crippen LogP contribution < -0.4 is 10.9 Å². The molecule has 1 aromatic carbocycles. The minimum absolute atomic E-state index is 0.0321. The molecule has 0 radical (unpaired) electrons. The summed E-state index contributed by atoms with van der Waals surface area (Å²) < 4.78 is 64.4. The van der Waals surface area contributed by atoms with Gasteiger partial charge in [-0.2, -0.15) is 13.2 Å². The van der Waals surface area contributed by atoms with E-state index >= 15 is 0 Å². The highest BCUT2D eigenvalue weighted by Crippen LogP contribution is 2.30. The zero-order valence-corrected chi connectivity index (χ0v) is 12.3. The Balaban J connectivity index is 1.91. The molecule has 0 saturated carbocycles. The number of rotatable bonds is 3. The maximum atomic E-state index is 12.5. The third kappa shape index (κ3) is 2.71. The van der Waals surface area contributed by atoms with Gasteiger partial charge in [0.2, 0.25) is 5.65 Å².